The van der Waals surface area contributed by atoms with E-state index >= 15 is 0 Å². The van der Waals surface area contributed by atoms with Gasteiger partial charge in [0.25, 0.3) is 17.3 Å². The van der Waals surface area contributed by atoms with Gasteiger partial charge in [-0.05, 0) is 30.2 Å². The van der Waals surface area contributed by atoms with Gasteiger partial charge in [-0.1, -0.05) is 42.5 Å². The van der Waals surface area contributed by atoms with Crippen LogP contribution in [0, 0.1) is 27.2 Å². The third kappa shape index (κ3) is 5.41. The van der Waals surface area contributed by atoms with E-state index in [0.717, 1.165) is 23.3 Å². The molecule has 0 aromatic heterocycles. The normalized spacial score (nSPS) is 10.4. The van der Waals surface area contributed by atoms with Crippen LogP contribution in [0.15, 0.2) is 66.7 Å². The average molecular weight is 421 g/mol. The number of hydrogen-bond donors (Lipinski definition) is 1. The lowest BCUT2D eigenvalue weighted by atomic mass is 10.0. The molecular weight excluding hydrogens is 402 g/mol. The van der Waals surface area contributed by atoms with Crippen LogP contribution in [0.5, 0.6) is 5.75 Å². The van der Waals surface area contributed by atoms with Crippen LogP contribution in [-0.2, 0) is 13.2 Å². The Morgan fingerprint density at radius 1 is 0.935 bits per heavy atom. The molecule has 0 fully saturated rings. The Morgan fingerprint density at radius 2 is 1.61 bits per heavy atom. The number of nitrogens with zero attached hydrogens (tertiary/aromatic N) is 2. The van der Waals surface area contributed by atoms with Crippen LogP contribution in [-0.4, -0.2) is 15.8 Å². The first kappa shape index (κ1) is 21.4. The summed E-state index contributed by atoms with van der Waals surface area (Å²) in [5.74, 6) is 0.0396. The molecule has 9 heteroatoms. The number of non-ortho nitro benzene ring substituents is 1. The molecule has 3 aromatic rings. The molecule has 9 nitrogen and oxygen atoms in total. The van der Waals surface area contributed by atoms with Crippen LogP contribution in [0.25, 0.3) is 0 Å². The maximum Gasteiger partial charge on any atom is 0.279 e. The summed E-state index contributed by atoms with van der Waals surface area (Å²) in [6.07, 6.45) is 0. The van der Waals surface area contributed by atoms with Crippen LogP contribution in [0.3, 0.4) is 0 Å². The molecular formula is C22H19N3O6. The molecule has 31 heavy (non-hydrogen) atoms. The topological polar surface area (TPSA) is 125 Å². The van der Waals surface area contributed by atoms with Crippen molar-refractivity contribution in [1.82, 2.24) is 5.32 Å². The summed E-state index contributed by atoms with van der Waals surface area (Å²) in [4.78, 5) is 33.2. The zero-order valence-electron chi connectivity index (χ0n) is 16.6. The van der Waals surface area contributed by atoms with Crippen molar-refractivity contribution in [2.45, 2.75) is 20.1 Å². The molecule has 158 valence electrons. The molecule has 1 amide bonds. The minimum Gasteiger partial charge on any atom is -0.489 e. The fourth-order valence-corrected chi connectivity index (χ4v) is 2.94. The van der Waals surface area contributed by atoms with Crippen LogP contribution < -0.4 is 10.1 Å². The number of nitro groups is 2. The number of nitro benzene ring substituents is 2. The number of benzene rings is 3. The number of ether oxygens (including phenoxy) is 1. The van der Waals surface area contributed by atoms with Gasteiger partial charge < -0.3 is 10.1 Å². The van der Waals surface area contributed by atoms with Gasteiger partial charge >= 0.3 is 0 Å². The molecule has 1 N–H and O–H groups in total. The predicted molar refractivity (Wildman–Crippen MR) is 113 cm³/mol. The van der Waals surface area contributed by atoms with Gasteiger partial charge in [0.2, 0.25) is 0 Å². The van der Waals surface area contributed by atoms with Gasteiger partial charge in [0, 0.05) is 18.2 Å². The van der Waals surface area contributed by atoms with Crippen LogP contribution in [0.1, 0.15) is 27.0 Å². The van der Waals surface area contributed by atoms with E-state index < -0.39 is 27.1 Å². The van der Waals surface area contributed by atoms with E-state index in [-0.39, 0.29) is 17.7 Å². The molecule has 0 aliphatic heterocycles. The number of hydrogen-bond acceptors (Lipinski definition) is 6. The van der Waals surface area contributed by atoms with Crippen molar-refractivity contribution in [3.63, 3.8) is 0 Å². The molecule has 0 saturated heterocycles. The maximum absolute atomic E-state index is 12.5. The van der Waals surface area contributed by atoms with Gasteiger partial charge in [-0.3, -0.25) is 25.0 Å². The largest absolute Gasteiger partial charge is 0.489 e. The molecule has 0 aliphatic carbocycles. The molecule has 0 atom stereocenters. The molecule has 0 aliphatic rings. The van der Waals surface area contributed by atoms with Crippen molar-refractivity contribution in [2.75, 3.05) is 0 Å². The smallest absolute Gasteiger partial charge is 0.279 e. The molecule has 0 unspecified atom stereocenters. The van der Waals surface area contributed by atoms with Crippen molar-refractivity contribution < 1.29 is 19.4 Å². The summed E-state index contributed by atoms with van der Waals surface area (Å²) in [5.41, 5.74) is 0.793. The summed E-state index contributed by atoms with van der Waals surface area (Å²) in [7, 11) is 0. The third-order valence-electron chi connectivity index (χ3n) is 4.64. The summed E-state index contributed by atoms with van der Waals surface area (Å²) >= 11 is 0. The zero-order chi connectivity index (χ0) is 22.4. The van der Waals surface area contributed by atoms with Gasteiger partial charge in [-0.25, -0.2) is 0 Å². The number of nitrogens with one attached hydrogen (secondary N) is 1. The second kappa shape index (κ2) is 9.49. The minimum atomic E-state index is -0.766. The number of amides is 1. The molecule has 3 aromatic carbocycles. The third-order valence-corrected chi connectivity index (χ3v) is 4.64. The average Bonchev–Trinajstić information content (AvgIpc) is 2.77. The van der Waals surface area contributed by atoms with Crippen molar-refractivity contribution in [2.24, 2.45) is 0 Å². The zero-order valence-corrected chi connectivity index (χ0v) is 16.6. The Labute approximate surface area is 177 Å². The molecule has 0 saturated carbocycles. The van der Waals surface area contributed by atoms with E-state index in [1.807, 2.05) is 30.3 Å². The second-order valence-corrected chi connectivity index (χ2v) is 6.75. The lowest BCUT2D eigenvalue weighted by molar-refractivity contribution is -0.394. The highest BCUT2D eigenvalue weighted by molar-refractivity contribution is 5.97. The molecule has 0 heterocycles. The van der Waals surface area contributed by atoms with Crippen LogP contribution in [0.4, 0.5) is 11.4 Å². The van der Waals surface area contributed by atoms with Crippen molar-refractivity contribution in [3.8, 4) is 5.75 Å². The van der Waals surface area contributed by atoms with Gasteiger partial charge in [0.05, 0.1) is 21.5 Å². The molecule has 0 radical (unpaired) electrons. The fraction of sp³-hybridized carbons (Fsp3) is 0.136. The predicted octanol–water partition coefficient (Wildman–Crippen LogP) is 4.32. The quantitative estimate of drug-likeness (QED) is 0.427. The van der Waals surface area contributed by atoms with Gasteiger partial charge in [0.1, 0.15) is 12.4 Å². The van der Waals surface area contributed by atoms with E-state index in [0.29, 0.717) is 12.4 Å². The first-order valence-corrected chi connectivity index (χ1v) is 9.32. The molecule has 0 spiro atoms. The van der Waals surface area contributed by atoms with Crippen molar-refractivity contribution >= 4 is 17.3 Å². The van der Waals surface area contributed by atoms with Crippen LogP contribution >= 0.6 is 0 Å². The van der Waals surface area contributed by atoms with E-state index in [4.69, 9.17) is 4.74 Å². The number of carbonyl (C=O) groups is 1. The van der Waals surface area contributed by atoms with Crippen molar-refractivity contribution in [1.29, 1.82) is 0 Å². The summed E-state index contributed by atoms with van der Waals surface area (Å²) in [6.45, 7) is 1.96. The highest BCUT2D eigenvalue weighted by Gasteiger charge is 2.24. The summed E-state index contributed by atoms with van der Waals surface area (Å²) in [5, 5.41) is 24.9. The maximum atomic E-state index is 12.5. The van der Waals surface area contributed by atoms with E-state index in [9.17, 15) is 25.0 Å². The Bertz CT molecular complexity index is 1110. The molecule has 3 rings (SSSR count). The lowest BCUT2D eigenvalue weighted by Crippen LogP contribution is -2.24. The fourth-order valence-electron chi connectivity index (χ4n) is 2.94. The Kier molecular flexibility index (Phi) is 6.56. The van der Waals surface area contributed by atoms with Gasteiger partial charge in [0.15, 0.2) is 0 Å². The van der Waals surface area contributed by atoms with Crippen LogP contribution in [0.2, 0.25) is 0 Å². The van der Waals surface area contributed by atoms with E-state index in [1.54, 1.807) is 24.3 Å². The SMILES string of the molecule is Cc1c(C(=O)NCc2ccc(OCc3ccccc3)cc2)cc([N+](=O)[O-])cc1[N+](=O)[O-]. The van der Waals surface area contributed by atoms with Gasteiger partial charge in [-0.15, -0.1) is 0 Å². The van der Waals surface area contributed by atoms with E-state index in [2.05, 4.69) is 5.32 Å². The standard InChI is InChI=1S/C22H19N3O6/c1-15-20(11-18(24(27)28)12-21(15)25(29)30)22(26)23-13-16-7-9-19(10-8-16)31-14-17-5-3-2-4-6-17/h2-12H,13-14H2,1H3,(H,23,26). The van der Waals surface area contributed by atoms with E-state index in [1.165, 1.54) is 6.92 Å². The number of rotatable bonds is 8. The monoisotopic (exact) mass is 421 g/mol. The summed E-state index contributed by atoms with van der Waals surface area (Å²) in [6, 6.07) is 18.7. The minimum absolute atomic E-state index is 0.0674. The molecule has 0 bridgehead atoms. The Balaban J connectivity index is 1.65. The van der Waals surface area contributed by atoms with Gasteiger partial charge in [-0.2, -0.15) is 0 Å². The second-order valence-electron chi connectivity index (χ2n) is 6.75. The highest BCUT2D eigenvalue weighted by atomic mass is 16.6. The lowest BCUT2D eigenvalue weighted by Gasteiger charge is -2.10. The first-order chi connectivity index (χ1) is 14.8. The highest BCUT2D eigenvalue weighted by Crippen LogP contribution is 2.28. The first-order valence-electron chi connectivity index (χ1n) is 9.32. The summed E-state index contributed by atoms with van der Waals surface area (Å²) < 4.78 is 5.71. The number of carbonyl (C=O) groups excluding carboxylic acids is 1. The Hall–Kier alpha value is -4.27. The van der Waals surface area contributed by atoms with Crippen molar-refractivity contribution in [3.05, 3.63) is 109 Å². The Morgan fingerprint density at radius 3 is 2.23 bits per heavy atom.